The molecule has 0 saturated carbocycles. The smallest absolute Gasteiger partial charge is 0.191 e. The van der Waals surface area contributed by atoms with Crippen LogP contribution in [0.2, 0.25) is 0 Å². The maximum atomic E-state index is 5.56. The standard InChI is InChI=1S/C22H32N4O4.HI/c1-4-23-22(24-15-18-6-5-11-30-18)25-16-19(26-9-12-29-13-10-26)17-7-8-20(27-2)21(14-17)28-3;/h5-8,11,14,19H,4,9-10,12-13,15-16H2,1-3H3,(H2,23,24,25);1H. The summed E-state index contributed by atoms with van der Waals surface area (Å²) in [6.07, 6.45) is 1.66. The van der Waals surface area contributed by atoms with Crippen molar-refractivity contribution in [1.82, 2.24) is 15.5 Å². The summed E-state index contributed by atoms with van der Waals surface area (Å²) in [5.74, 6) is 3.04. The van der Waals surface area contributed by atoms with Gasteiger partial charge in [0.2, 0.25) is 0 Å². The van der Waals surface area contributed by atoms with Crippen molar-refractivity contribution in [1.29, 1.82) is 0 Å². The highest BCUT2D eigenvalue weighted by Crippen LogP contribution is 2.32. The van der Waals surface area contributed by atoms with Crippen LogP contribution < -0.4 is 20.1 Å². The summed E-state index contributed by atoms with van der Waals surface area (Å²) in [7, 11) is 3.31. The quantitative estimate of drug-likeness (QED) is 0.286. The monoisotopic (exact) mass is 544 g/mol. The van der Waals surface area contributed by atoms with Crippen molar-refractivity contribution in [2.75, 3.05) is 53.6 Å². The molecule has 1 aromatic carbocycles. The minimum Gasteiger partial charge on any atom is -0.493 e. The average Bonchev–Trinajstić information content (AvgIpc) is 3.31. The first kappa shape index (κ1) is 25.3. The number of furan rings is 1. The third-order valence-electron chi connectivity index (χ3n) is 5.06. The lowest BCUT2D eigenvalue weighted by Crippen LogP contribution is -2.46. The van der Waals surface area contributed by atoms with Crippen molar-refractivity contribution in [3.05, 3.63) is 47.9 Å². The Bertz CT molecular complexity index is 795. The van der Waals surface area contributed by atoms with Gasteiger partial charge in [0.15, 0.2) is 17.5 Å². The Morgan fingerprint density at radius 1 is 1.13 bits per heavy atom. The molecule has 1 fully saturated rings. The molecule has 1 saturated heterocycles. The van der Waals surface area contributed by atoms with Crippen molar-refractivity contribution in [3.8, 4) is 11.5 Å². The summed E-state index contributed by atoms with van der Waals surface area (Å²) in [6.45, 7) is 7.23. The van der Waals surface area contributed by atoms with Crippen LogP contribution in [0.3, 0.4) is 0 Å². The summed E-state index contributed by atoms with van der Waals surface area (Å²) < 4.78 is 21.9. The van der Waals surface area contributed by atoms with Gasteiger partial charge < -0.3 is 29.3 Å². The van der Waals surface area contributed by atoms with Gasteiger partial charge in [-0.3, -0.25) is 4.90 Å². The first-order valence-electron chi connectivity index (χ1n) is 10.3. The molecule has 2 heterocycles. The van der Waals surface area contributed by atoms with Crippen LogP contribution in [-0.2, 0) is 11.3 Å². The average molecular weight is 544 g/mol. The number of rotatable bonds is 9. The van der Waals surface area contributed by atoms with Crippen molar-refractivity contribution in [2.24, 2.45) is 4.99 Å². The highest BCUT2D eigenvalue weighted by molar-refractivity contribution is 14.0. The Kier molecular flexibility index (Phi) is 11.0. The molecule has 1 unspecified atom stereocenters. The molecule has 1 aliphatic heterocycles. The van der Waals surface area contributed by atoms with Crippen molar-refractivity contribution >= 4 is 29.9 Å². The molecule has 2 N–H and O–H groups in total. The molecule has 9 heteroatoms. The second-order valence-corrected chi connectivity index (χ2v) is 6.93. The Balaban J connectivity index is 0.00000341. The number of aliphatic imine (C=N–C) groups is 1. The van der Waals surface area contributed by atoms with Gasteiger partial charge in [-0.25, -0.2) is 4.99 Å². The summed E-state index contributed by atoms with van der Waals surface area (Å²) >= 11 is 0. The van der Waals surface area contributed by atoms with E-state index in [0.29, 0.717) is 13.1 Å². The van der Waals surface area contributed by atoms with E-state index in [1.165, 1.54) is 0 Å². The van der Waals surface area contributed by atoms with E-state index in [-0.39, 0.29) is 30.0 Å². The van der Waals surface area contributed by atoms with E-state index < -0.39 is 0 Å². The molecule has 3 rings (SSSR count). The van der Waals surface area contributed by atoms with Gasteiger partial charge >= 0.3 is 0 Å². The van der Waals surface area contributed by atoms with E-state index in [2.05, 4.69) is 33.5 Å². The number of nitrogens with one attached hydrogen (secondary N) is 2. The van der Waals surface area contributed by atoms with Crippen LogP contribution in [0.15, 0.2) is 46.0 Å². The molecule has 2 aromatic rings. The van der Waals surface area contributed by atoms with Gasteiger partial charge in [0.1, 0.15) is 12.3 Å². The number of hydrogen-bond acceptors (Lipinski definition) is 6. The Morgan fingerprint density at radius 2 is 1.90 bits per heavy atom. The predicted octanol–water partition coefficient (Wildman–Crippen LogP) is 3.04. The Hall–Kier alpha value is -1.98. The van der Waals surface area contributed by atoms with E-state index in [1.807, 2.05) is 24.3 Å². The largest absolute Gasteiger partial charge is 0.493 e. The SMILES string of the molecule is CCNC(=NCc1ccco1)NCC(c1ccc(OC)c(OC)c1)N1CCOCC1.I. The molecule has 1 aromatic heterocycles. The Morgan fingerprint density at radius 3 is 2.55 bits per heavy atom. The van der Waals surface area contributed by atoms with Crippen molar-refractivity contribution in [2.45, 2.75) is 19.5 Å². The second kappa shape index (κ2) is 13.4. The third-order valence-corrected chi connectivity index (χ3v) is 5.06. The summed E-state index contributed by atoms with van der Waals surface area (Å²) in [5, 5.41) is 6.79. The number of hydrogen-bond donors (Lipinski definition) is 2. The first-order chi connectivity index (χ1) is 14.7. The third kappa shape index (κ3) is 7.29. The zero-order valence-electron chi connectivity index (χ0n) is 18.4. The molecular weight excluding hydrogens is 511 g/mol. The fraction of sp³-hybridized carbons (Fsp3) is 0.500. The van der Waals surface area contributed by atoms with Gasteiger partial charge in [-0.05, 0) is 36.8 Å². The van der Waals surface area contributed by atoms with Crippen molar-refractivity contribution < 1.29 is 18.6 Å². The number of nitrogens with zero attached hydrogens (tertiary/aromatic N) is 2. The van der Waals surface area contributed by atoms with E-state index in [1.54, 1.807) is 20.5 Å². The van der Waals surface area contributed by atoms with Crippen LogP contribution in [-0.4, -0.2) is 64.5 Å². The normalized spacial score (nSPS) is 15.6. The zero-order chi connectivity index (χ0) is 21.2. The highest BCUT2D eigenvalue weighted by atomic mass is 127. The van der Waals surface area contributed by atoms with E-state index in [0.717, 1.165) is 61.6 Å². The van der Waals surface area contributed by atoms with Crippen LogP contribution in [0.5, 0.6) is 11.5 Å². The summed E-state index contributed by atoms with van der Waals surface area (Å²) in [6, 6.07) is 10.0. The van der Waals surface area contributed by atoms with Crippen LogP contribution in [0.1, 0.15) is 24.3 Å². The molecule has 1 atom stereocenters. The summed E-state index contributed by atoms with van der Waals surface area (Å²) in [5.41, 5.74) is 1.16. The Labute approximate surface area is 201 Å². The van der Waals surface area contributed by atoms with Gasteiger partial charge in [0.05, 0.1) is 39.7 Å². The predicted molar refractivity (Wildman–Crippen MR) is 132 cm³/mol. The molecule has 0 amide bonds. The fourth-order valence-corrected chi connectivity index (χ4v) is 3.50. The van der Waals surface area contributed by atoms with E-state index in [9.17, 15) is 0 Å². The van der Waals surface area contributed by atoms with Gasteiger partial charge in [0, 0.05) is 26.2 Å². The van der Waals surface area contributed by atoms with Gasteiger partial charge in [0.25, 0.3) is 0 Å². The minimum atomic E-state index is 0. The second-order valence-electron chi connectivity index (χ2n) is 6.93. The summed E-state index contributed by atoms with van der Waals surface area (Å²) in [4.78, 5) is 7.07. The number of halogens is 1. The molecule has 31 heavy (non-hydrogen) atoms. The molecular formula is C22H33IN4O4. The van der Waals surface area contributed by atoms with Crippen LogP contribution in [0, 0.1) is 0 Å². The maximum absolute atomic E-state index is 5.56. The van der Waals surface area contributed by atoms with Gasteiger partial charge in [-0.1, -0.05) is 6.07 Å². The van der Waals surface area contributed by atoms with E-state index >= 15 is 0 Å². The van der Waals surface area contributed by atoms with E-state index in [4.69, 9.17) is 18.6 Å². The van der Waals surface area contributed by atoms with Gasteiger partial charge in [-0.2, -0.15) is 0 Å². The van der Waals surface area contributed by atoms with Crippen LogP contribution >= 0.6 is 24.0 Å². The topological polar surface area (TPSA) is 80.5 Å². The zero-order valence-corrected chi connectivity index (χ0v) is 20.8. The van der Waals surface area contributed by atoms with Crippen molar-refractivity contribution in [3.63, 3.8) is 0 Å². The number of morpholine rings is 1. The molecule has 0 bridgehead atoms. The molecule has 172 valence electrons. The number of benzene rings is 1. The first-order valence-corrected chi connectivity index (χ1v) is 10.3. The fourth-order valence-electron chi connectivity index (χ4n) is 3.50. The number of guanidine groups is 1. The maximum Gasteiger partial charge on any atom is 0.191 e. The van der Waals surface area contributed by atoms with Crippen LogP contribution in [0.25, 0.3) is 0 Å². The molecule has 0 spiro atoms. The van der Waals surface area contributed by atoms with Gasteiger partial charge in [-0.15, -0.1) is 24.0 Å². The number of methoxy groups -OCH3 is 2. The molecule has 0 aliphatic carbocycles. The lowest BCUT2D eigenvalue weighted by Gasteiger charge is -2.35. The lowest BCUT2D eigenvalue weighted by atomic mass is 10.0. The lowest BCUT2D eigenvalue weighted by molar-refractivity contribution is 0.0169. The van der Waals surface area contributed by atoms with Crippen LogP contribution in [0.4, 0.5) is 0 Å². The molecule has 1 aliphatic rings. The number of ether oxygens (including phenoxy) is 3. The molecule has 8 nitrogen and oxygen atoms in total. The molecule has 0 radical (unpaired) electrons. The minimum absolute atomic E-state index is 0. The highest BCUT2D eigenvalue weighted by Gasteiger charge is 2.24.